The van der Waals surface area contributed by atoms with E-state index < -0.39 is 6.10 Å². The summed E-state index contributed by atoms with van der Waals surface area (Å²) in [7, 11) is 0. The standard InChI is InChI=1S/C68H118O6/c1-4-7-10-13-16-19-22-25-27-28-29-30-31-32-33-34-35-36-37-38-39-40-42-43-46-49-52-55-58-61-67(70)73-64-65(63-72-66(69)60-57-54-51-48-45-24-21-18-15-12-9-6-3)74-68(71)62-59-56-53-50-47-44-41-26-23-20-17-14-11-8-5-2/h8,11,17-18,20-22,25-26,28-29,31-32,41,65H,4-7,9-10,12-16,19,23-24,27,30,33-40,42-64H2,1-3H3/b11-8-,20-17-,21-18-,25-22-,29-28-,32-31-,41-26-. The van der Waals surface area contributed by atoms with Gasteiger partial charge in [-0.15, -0.1) is 0 Å². The van der Waals surface area contributed by atoms with Crippen LogP contribution in [0.15, 0.2) is 85.1 Å². The first kappa shape index (κ1) is 70.6. The van der Waals surface area contributed by atoms with Gasteiger partial charge in [0, 0.05) is 19.3 Å². The number of hydrogen-bond donors (Lipinski definition) is 0. The third-order valence-electron chi connectivity index (χ3n) is 13.6. The van der Waals surface area contributed by atoms with Gasteiger partial charge in [-0.25, -0.2) is 0 Å². The fourth-order valence-electron chi connectivity index (χ4n) is 8.87. The average molecular weight is 1030 g/mol. The second kappa shape index (κ2) is 62.1. The Labute approximate surface area is 458 Å². The Morgan fingerprint density at radius 3 is 0.865 bits per heavy atom. The second-order valence-corrected chi connectivity index (χ2v) is 20.9. The van der Waals surface area contributed by atoms with Gasteiger partial charge in [0.2, 0.25) is 0 Å². The fraction of sp³-hybridized carbons (Fsp3) is 0.750. The molecular formula is C68H118O6. The molecule has 0 saturated heterocycles. The van der Waals surface area contributed by atoms with Gasteiger partial charge < -0.3 is 14.2 Å². The summed E-state index contributed by atoms with van der Waals surface area (Å²) in [4.78, 5) is 38.2. The van der Waals surface area contributed by atoms with Crippen molar-refractivity contribution in [2.45, 2.75) is 316 Å². The first-order valence-electron chi connectivity index (χ1n) is 31.6. The molecule has 1 atom stereocenters. The van der Waals surface area contributed by atoms with Crippen molar-refractivity contribution in [1.82, 2.24) is 0 Å². The molecule has 0 N–H and O–H groups in total. The summed E-state index contributed by atoms with van der Waals surface area (Å²) in [6.07, 6.45) is 81.7. The van der Waals surface area contributed by atoms with Crippen LogP contribution in [-0.4, -0.2) is 37.2 Å². The van der Waals surface area contributed by atoms with Crippen molar-refractivity contribution >= 4 is 17.9 Å². The van der Waals surface area contributed by atoms with E-state index in [1.165, 1.54) is 154 Å². The highest BCUT2D eigenvalue weighted by Crippen LogP contribution is 2.16. The molecule has 6 heteroatoms. The van der Waals surface area contributed by atoms with Crippen LogP contribution in [0.4, 0.5) is 0 Å². The first-order chi connectivity index (χ1) is 36.5. The number of carbonyl (C=O) groups excluding carboxylic acids is 3. The van der Waals surface area contributed by atoms with Gasteiger partial charge in [0.05, 0.1) is 0 Å². The molecule has 6 nitrogen and oxygen atoms in total. The van der Waals surface area contributed by atoms with Crippen molar-refractivity contribution in [3.05, 3.63) is 85.1 Å². The number of esters is 3. The summed E-state index contributed by atoms with van der Waals surface area (Å²) in [5.74, 6) is -0.904. The summed E-state index contributed by atoms with van der Waals surface area (Å²) in [5, 5.41) is 0. The molecule has 0 spiro atoms. The highest BCUT2D eigenvalue weighted by atomic mass is 16.6. The van der Waals surface area contributed by atoms with E-state index in [1.54, 1.807) is 0 Å². The molecule has 0 amide bonds. The quantitative estimate of drug-likeness (QED) is 0.0261. The lowest BCUT2D eigenvalue weighted by Gasteiger charge is -2.18. The molecular weight excluding hydrogens is 913 g/mol. The van der Waals surface area contributed by atoms with E-state index in [0.717, 1.165) is 116 Å². The van der Waals surface area contributed by atoms with Crippen molar-refractivity contribution in [3.63, 3.8) is 0 Å². The number of rotatable bonds is 57. The highest BCUT2D eigenvalue weighted by Gasteiger charge is 2.19. The summed E-state index contributed by atoms with van der Waals surface area (Å²) in [6.45, 7) is 6.49. The highest BCUT2D eigenvalue weighted by molar-refractivity contribution is 5.71. The molecule has 0 aromatic carbocycles. The number of carbonyl (C=O) groups is 3. The van der Waals surface area contributed by atoms with Gasteiger partial charge >= 0.3 is 17.9 Å². The van der Waals surface area contributed by atoms with E-state index in [1.807, 2.05) is 0 Å². The molecule has 0 radical (unpaired) electrons. The van der Waals surface area contributed by atoms with E-state index in [0.29, 0.717) is 19.3 Å². The van der Waals surface area contributed by atoms with Crippen LogP contribution in [0.2, 0.25) is 0 Å². The molecule has 0 aliphatic carbocycles. The maximum Gasteiger partial charge on any atom is 0.306 e. The van der Waals surface area contributed by atoms with E-state index in [-0.39, 0.29) is 31.1 Å². The Bertz CT molecular complexity index is 1420. The Morgan fingerprint density at radius 1 is 0.284 bits per heavy atom. The molecule has 1 unspecified atom stereocenters. The van der Waals surface area contributed by atoms with Gasteiger partial charge in [0.25, 0.3) is 0 Å². The Morgan fingerprint density at radius 2 is 0.527 bits per heavy atom. The number of hydrogen-bond acceptors (Lipinski definition) is 6. The molecule has 0 rings (SSSR count). The van der Waals surface area contributed by atoms with Crippen LogP contribution in [0, 0.1) is 0 Å². The van der Waals surface area contributed by atoms with Crippen LogP contribution in [0.1, 0.15) is 310 Å². The van der Waals surface area contributed by atoms with Crippen molar-refractivity contribution in [2.24, 2.45) is 0 Å². The average Bonchev–Trinajstić information content (AvgIpc) is 3.40. The zero-order chi connectivity index (χ0) is 53.6. The van der Waals surface area contributed by atoms with Gasteiger partial charge in [-0.3, -0.25) is 14.4 Å². The Hall–Kier alpha value is -3.41. The first-order valence-corrected chi connectivity index (χ1v) is 31.6. The van der Waals surface area contributed by atoms with Crippen LogP contribution in [0.25, 0.3) is 0 Å². The molecule has 0 heterocycles. The molecule has 0 aromatic heterocycles. The maximum atomic E-state index is 12.9. The minimum Gasteiger partial charge on any atom is -0.462 e. The predicted molar refractivity (Wildman–Crippen MR) is 321 cm³/mol. The van der Waals surface area contributed by atoms with Crippen LogP contribution < -0.4 is 0 Å². The number of ether oxygens (including phenoxy) is 3. The molecule has 0 aromatic rings. The molecule has 0 aliphatic rings. The van der Waals surface area contributed by atoms with Gasteiger partial charge in [0.15, 0.2) is 6.10 Å². The third-order valence-corrected chi connectivity index (χ3v) is 13.6. The van der Waals surface area contributed by atoms with E-state index >= 15 is 0 Å². The smallest absolute Gasteiger partial charge is 0.306 e. The SMILES string of the molecule is CC/C=C\C/C=C\C/C=C\CCCCCCCC(=O)OC(COC(=O)CCCCCCC/C=C\CCCCC)COC(=O)CCCCCCCCCCCCCCCC/C=C\C/C=C\C/C=C\CCCCCCC. The molecule has 0 bridgehead atoms. The molecule has 74 heavy (non-hydrogen) atoms. The molecule has 0 fully saturated rings. The summed E-state index contributed by atoms with van der Waals surface area (Å²) in [6, 6.07) is 0. The number of unbranched alkanes of at least 4 members (excludes halogenated alkanes) is 32. The minimum atomic E-state index is -0.789. The number of allylic oxidation sites excluding steroid dienone is 14. The lowest BCUT2D eigenvalue weighted by atomic mass is 10.0. The van der Waals surface area contributed by atoms with Gasteiger partial charge in [0.1, 0.15) is 13.2 Å². The normalized spacial score (nSPS) is 12.6. The van der Waals surface area contributed by atoms with Crippen molar-refractivity contribution in [2.75, 3.05) is 13.2 Å². The third kappa shape index (κ3) is 59.5. The summed E-state index contributed by atoms with van der Waals surface area (Å²) >= 11 is 0. The summed E-state index contributed by atoms with van der Waals surface area (Å²) in [5.41, 5.74) is 0. The van der Waals surface area contributed by atoms with Gasteiger partial charge in [-0.05, 0) is 116 Å². The monoisotopic (exact) mass is 1030 g/mol. The Kier molecular flexibility index (Phi) is 59.3. The fourth-order valence-corrected chi connectivity index (χ4v) is 8.87. The lowest BCUT2D eigenvalue weighted by Crippen LogP contribution is -2.30. The van der Waals surface area contributed by atoms with Crippen molar-refractivity contribution in [1.29, 1.82) is 0 Å². The van der Waals surface area contributed by atoms with Gasteiger partial charge in [-0.1, -0.05) is 260 Å². The van der Waals surface area contributed by atoms with Crippen molar-refractivity contribution in [3.8, 4) is 0 Å². The lowest BCUT2D eigenvalue weighted by molar-refractivity contribution is -0.167. The van der Waals surface area contributed by atoms with E-state index in [2.05, 4.69) is 106 Å². The molecule has 0 saturated carbocycles. The van der Waals surface area contributed by atoms with Crippen LogP contribution >= 0.6 is 0 Å². The zero-order valence-electron chi connectivity index (χ0n) is 48.8. The topological polar surface area (TPSA) is 78.9 Å². The molecule has 0 aliphatic heterocycles. The van der Waals surface area contributed by atoms with Crippen LogP contribution in [0.5, 0.6) is 0 Å². The van der Waals surface area contributed by atoms with Crippen molar-refractivity contribution < 1.29 is 28.6 Å². The van der Waals surface area contributed by atoms with E-state index in [9.17, 15) is 14.4 Å². The van der Waals surface area contributed by atoms with Crippen LogP contribution in [0.3, 0.4) is 0 Å². The van der Waals surface area contributed by atoms with Gasteiger partial charge in [-0.2, -0.15) is 0 Å². The Balaban J connectivity index is 4.22. The summed E-state index contributed by atoms with van der Waals surface area (Å²) < 4.78 is 16.9. The largest absolute Gasteiger partial charge is 0.462 e. The minimum absolute atomic E-state index is 0.0853. The van der Waals surface area contributed by atoms with Crippen LogP contribution in [-0.2, 0) is 28.6 Å². The second-order valence-electron chi connectivity index (χ2n) is 20.9. The zero-order valence-corrected chi connectivity index (χ0v) is 48.8. The predicted octanol–water partition coefficient (Wildman–Crippen LogP) is 21.5. The molecule has 426 valence electrons. The van der Waals surface area contributed by atoms with E-state index in [4.69, 9.17) is 14.2 Å². The maximum absolute atomic E-state index is 12.9.